The lowest BCUT2D eigenvalue weighted by molar-refractivity contribution is -0.152. The van der Waals surface area contributed by atoms with E-state index in [1.165, 1.54) is 5.56 Å². The lowest BCUT2D eigenvalue weighted by Crippen LogP contribution is -2.37. The van der Waals surface area contributed by atoms with Crippen molar-refractivity contribution in [2.75, 3.05) is 13.2 Å². The van der Waals surface area contributed by atoms with E-state index >= 15 is 0 Å². The monoisotopic (exact) mass is 483 g/mol. The minimum absolute atomic E-state index is 0.231. The number of halogens is 1. The molecule has 0 bridgehead atoms. The van der Waals surface area contributed by atoms with E-state index in [1.807, 2.05) is 30.3 Å². The molecule has 2 fully saturated rings. The van der Waals surface area contributed by atoms with Crippen LogP contribution in [0, 0.1) is 11.8 Å². The normalized spacial score (nSPS) is 22.9. The van der Waals surface area contributed by atoms with Crippen molar-refractivity contribution < 1.29 is 23.9 Å². The Labute approximate surface area is 188 Å². The van der Waals surface area contributed by atoms with Crippen LogP contribution in [-0.4, -0.2) is 41.6 Å². The molecule has 1 saturated heterocycles. The SMILES string of the molecule is O=C(CN1C(=O)[C@H]2C[C@@H](c3ccccc3)CC[C@H]2C1=O)OCC(=O)c1ccc(Br)cc1. The fourth-order valence-electron chi connectivity index (χ4n) is 4.47. The standard InChI is InChI=1S/C24H22BrNO5/c25-18-9-6-16(7-10-18)21(27)14-31-22(28)13-26-23(29)19-11-8-17(12-20(19)24(26)30)15-4-2-1-3-5-15/h1-7,9-10,17,19-20H,8,11-14H2/t17-,19+,20-/m0/s1. The van der Waals surface area contributed by atoms with E-state index < -0.39 is 25.0 Å². The molecule has 1 aliphatic carbocycles. The number of nitrogens with zero attached hydrogens (tertiary/aromatic N) is 1. The average molecular weight is 484 g/mol. The van der Waals surface area contributed by atoms with Gasteiger partial charge in [0.2, 0.25) is 11.8 Å². The van der Waals surface area contributed by atoms with Crippen molar-refractivity contribution >= 4 is 39.5 Å². The Hall–Kier alpha value is -2.80. The van der Waals surface area contributed by atoms with Gasteiger partial charge in [0.15, 0.2) is 12.4 Å². The van der Waals surface area contributed by atoms with E-state index in [9.17, 15) is 19.2 Å². The summed E-state index contributed by atoms with van der Waals surface area (Å²) in [7, 11) is 0. The topological polar surface area (TPSA) is 80.8 Å². The number of esters is 1. The van der Waals surface area contributed by atoms with E-state index in [-0.39, 0.29) is 29.4 Å². The number of carbonyl (C=O) groups excluding carboxylic acids is 4. The number of rotatable bonds is 6. The summed E-state index contributed by atoms with van der Waals surface area (Å²) in [5, 5.41) is 0. The molecular weight excluding hydrogens is 462 g/mol. The second-order valence-corrected chi connectivity index (χ2v) is 8.90. The molecule has 31 heavy (non-hydrogen) atoms. The molecule has 0 unspecified atom stereocenters. The number of likely N-dealkylation sites (tertiary alicyclic amines) is 1. The Kier molecular flexibility index (Phi) is 6.32. The molecular formula is C24H22BrNO5. The first kappa shape index (κ1) is 21.4. The smallest absolute Gasteiger partial charge is 0.326 e. The van der Waals surface area contributed by atoms with Gasteiger partial charge in [-0.2, -0.15) is 0 Å². The van der Waals surface area contributed by atoms with Gasteiger partial charge in [-0.25, -0.2) is 0 Å². The summed E-state index contributed by atoms with van der Waals surface area (Å²) >= 11 is 3.29. The highest BCUT2D eigenvalue weighted by Crippen LogP contribution is 2.44. The molecule has 160 valence electrons. The van der Waals surface area contributed by atoms with E-state index in [2.05, 4.69) is 15.9 Å². The van der Waals surface area contributed by atoms with Gasteiger partial charge in [-0.15, -0.1) is 0 Å². The number of hydrogen-bond donors (Lipinski definition) is 0. The lowest BCUT2D eigenvalue weighted by Gasteiger charge is -2.28. The molecule has 2 aromatic rings. The molecule has 3 atom stereocenters. The van der Waals surface area contributed by atoms with Crippen LogP contribution in [0.3, 0.4) is 0 Å². The molecule has 0 radical (unpaired) electrons. The second kappa shape index (κ2) is 9.14. The van der Waals surface area contributed by atoms with Crippen LogP contribution in [0.2, 0.25) is 0 Å². The predicted molar refractivity (Wildman–Crippen MR) is 116 cm³/mol. The molecule has 0 aromatic heterocycles. The molecule has 0 spiro atoms. The van der Waals surface area contributed by atoms with Crippen LogP contribution in [0.15, 0.2) is 59.1 Å². The lowest BCUT2D eigenvalue weighted by atomic mass is 9.73. The van der Waals surface area contributed by atoms with Crippen LogP contribution >= 0.6 is 15.9 Å². The van der Waals surface area contributed by atoms with E-state index in [0.717, 1.165) is 15.8 Å². The van der Waals surface area contributed by atoms with Crippen LogP contribution < -0.4 is 0 Å². The molecule has 2 aliphatic rings. The van der Waals surface area contributed by atoms with Crippen molar-refractivity contribution in [1.29, 1.82) is 0 Å². The minimum atomic E-state index is -0.759. The van der Waals surface area contributed by atoms with Crippen LogP contribution in [0.5, 0.6) is 0 Å². The maximum absolute atomic E-state index is 12.9. The molecule has 0 N–H and O–H groups in total. The zero-order valence-electron chi connectivity index (χ0n) is 16.8. The number of benzene rings is 2. The maximum Gasteiger partial charge on any atom is 0.326 e. The number of hydrogen-bond acceptors (Lipinski definition) is 5. The second-order valence-electron chi connectivity index (χ2n) is 7.99. The largest absolute Gasteiger partial charge is 0.456 e. The Morgan fingerprint density at radius 3 is 2.32 bits per heavy atom. The van der Waals surface area contributed by atoms with E-state index in [1.54, 1.807) is 24.3 Å². The predicted octanol–water partition coefficient (Wildman–Crippen LogP) is 3.74. The van der Waals surface area contributed by atoms with Crippen LogP contribution in [0.1, 0.15) is 41.1 Å². The number of imide groups is 1. The van der Waals surface area contributed by atoms with Crippen LogP contribution in [0.4, 0.5) is 0 Å². The number of amides is 2. The van der Waals surface area contributed by atoms with Gasteiger partial charge in [0.1, 0.15) is 6.54 Å². The summed E-state index contributed by atoms with van der Waals surface area (Å²) in [6.07, 6.45) is 2.07. The fourth-order valence-corrected chi connectivity index (χ4v) is 4.74. The average Bonchev–Trinajstić information content (AvgIpc) is 3.03. The molecule has 1 heterocycles. The van der Waals surface area contributed by atoms with Crippen molar-refractivity contribution in [1.82, 2.24) is 4.90 Å². The third-order valence-corrected chi connectivity index (χ3v) is 6.63. The highest BCUT2D eigenvalue weighted by Gasteiger charge is 2.50. The Balaban J connectivity index is 1.34. The quantitative estimate of drug-likeness (QED) is 0.355. The zero-order valence-corrected chi connectivity index (χ0v) is 18.4. The van der Waals surface area contributed by atoms with Gasteiger partial charge in [0, 0.05) is 10.0 Å². The van der Waals surface area contributed by atoms with Gasteiger partial charge in [0.25, 0.3) is 0 Å². The Morgan fingerprint density at radius 2 is 1.61 bits per heavy atom. The van der Waals surface area contributed by atoms with Gasteiger partial charge < -0.3 is 4.74 Å². The first-order valence-electron chi connectivity index (χ1n) is 10.3. The van der Waals surface area contributed by atoms with Crippen molar-refractivity contribution in [2.24, 2.45) is 11.8 Å². The molecule has 2 aromatic carbocycles. The Morgan fingerprint density at radius 1 is 0.935 bits per heavy atom. The molecule has 7 heteroatoms. The van der Waals surface area contributed by atoms with Crippen molar-refractivity contribution in [3.8, 4) is 0 Å². The zero-order chi connectivity index (χ0) is 22.0. The summed E-state index contributed by atoms with van der Waals surface area (Å²) in [6.45, 7) is -0.881. The molecule has 1 aliphatic heterocycles. The summed E-state index contributed by atoms with van der Waals surface area (Å²) in [5.74, 6) is -2.27. The fraction of sp³-hybridized carbons (Fsp3) is 0.333. The van der Waals surface area contributed by atoms with Crippen LogP contribution in [0.25, 0.3) is 0 Å². The third-order valence-electron chi connectivity index (χ3n) is 6.11. The number of carbonyl (C=O) groups is 4. The van der Waals surface area contributed by atoms with Crippen molar-refractivity contribution in [3.63, 3.8) is 0 Å². The highest BCUT2D eigenvalue weighted by molar-refractivity contribution is 9.10. The first-order valence-corrected chi connectivity index (χ1v) is 11.1. The van der Waals surface area contributed by atoms with Gasteiger partial charge in [-0.05, 0) is 42.9 Å². The number of Topliss-reactive ketones (excluding diaryl/α,β-unsaturated/α-hetero) is 1. The molecule has 1 saturated carbocycles. The number of ketones is 1. The maximum atomic E-state index is 12.9. The summed E-state index contributed by atoms with van der Waals surface area (Å²) in [4.78, 5) is 51.0. The molecule has 6 nitrogen and oxygen atoms in total. The van der Waals surface area contributed by atoms with Gasteiger partial charge >= 0.3 is 5.97 Å². The van der Waals surface area contributed by atoms with Gasteiger partial charge in [-0.1, -0.05) is 58.4 Å². The van der Waals surface area contributed by atoms with E-state index in [0.29, 0.717) is 18.4 Å². The highest BCUT2D eigenvalue weighted by atomic mass is 79.9. The third kappa shape index (κ3) is 4.61. The van der Waals surface area contributed by atoms with E-state index in [4.69, 9.17) is 4.74 Å². The summed E-state index contributed by atoms with van der Waals surface area (Å²) < 4.78 is 5.88. The summed E-state index contributed by atoms with van der Waals surface area (Å²) in [5.41, 5.74) is 1.59. The number of fused-ring (bicyclic) bond motifs is 1. The Bertz CT molecular complexity index is 1000. The molecule has 4 rings (SSSR count). The summed E-state index contributed by atoms with van der Waals surface area (Å²) in [6, 6.07) is 16.7. The van der Waals surface area contributed by atoms with Crippen molar-refractivity contribution in [3.05, 3.63) is 70.2 Å². The van der Waals surface area contributed by atoms with Crippen molar-refractivity contribution in [2.45, 2.75) is 25.2 Å². The minimum Gasteiger partial charge on any atom is -0.456 e. The number of ether oxygens (including phenoxy) is 1. The van der Waals surface area contributed by atoms with Crippen LogP contribution in [-0.2, 0) is 19.1 Å². The molecule has 2 amide bonds. The van der Waals surface area contributed by atoms with Gasteiger partial charge in [0.05, 0.1) is 11.8 Å². The van der Waals surface area contributed by atoms with Gasteiger partial charge in [-0.3, -0.25) is 24.1 Å². The first-order chi connectivity index (χ1) is 14.9.